The minimum absolute atomic E-state index is 0.127. The Morgan fingerprint density at radius 3 is 2.95 bits per heavy atom. The standard InChI is InChI=1S/C12H16ClN5O2/c1-17(2)4-5-18-12(19)11(13)10(8-15-18)14-7-9-3-6-20-16-9/h3,6,8,14H,4-5,7H2,1-2H3. The van der Waals surface area contributed by atoms with Gasteiger partial charge in [-0.05, 0) is 14.1 Å². The summed E-state index contributed by atoms with van der Waals surface area (Å²) in [4.78, 5) is 14.0. The van der Waals surface area contributed by atoms with Gasteiger partial charge in [-0.3, -0.25) is 4.79 Å². The van der Waals surface area contributed by atoms with E-state index in [0.717, 1.165) is 12.2 Å². The van der Waals surface area contributed by atoms with E-state index < -0.39 is 0 Å². The van der Waals surface area contributed by atoms with E-state index in [1.165, 1.54) is 10.9 Å². The van der Waals surface area contributed by atoms with E-state index in [9.17, 15) is 4.79 Å². The molecular weight excluding hydrogens is 282 g/mol. The fourth-order valence-electron chi connectivity index (χ4n) is 1.56. The number of hydrogen-bond acceptors (Lipinski definition) is 6. The molecule has 0 aromatic carbocycles. The minimum Gasteiger partial charge on any atom is -0.377 e. The van der Waals surface area contributed by atoms with Gasteiger partial charge in [0, 0.05) is 12.6 Å². The number of anilines is 1. The molecule has 2 heterocycles. The lowest BCUT2D eigenvalue weighted by molar-refractivity contribution is 0.367. The molecule has 8 heteroatoms. The average molecular weight is 298 g/mol. The Kier molecular flexibility index (Phi) is 4.75. The molecule has 0 radical (unpaired) electrons. The maximum atomic E-state index is 12.0. The zero-order valence-electron chi connectivity index (χ0n) is 11.3. The first-order valence-electron chi connectivity index (χ1n) is 6.11. The Morgan fingerprint density at radius 2 is 2.30 bits per heavy atom. The van der Waals surface area contributed by atoms with Gasteiger partial charge in [0.25, 0.3) is 5.56 Å². The number of rotatable bonds is 6. The summed E-state index contributed by atoms with van der Waals surface area (Å²) in [7, 11) is 3.86. The highest BCUT2D eigenvalue weighted by Gasteiger charge is 2.09. The third-order valence-electron chi connectivity index (χ3n) is 2.70. The number of aromatic nitrogens is 3. The van der Waals surface area contributed by atoms with Crippen LogP contribution in [0.3, 0.4) is 0 Å². The zero-order chi connectivity index (χ0) is 14.5. The van der Waals surface area contributed by atoms with Gasteiger partial charge in [-0.15, -0.1) is 0 Å². The van der Waals surface area contributed by atoms with Gasteiger partial charge in [0.05, 0.1) is 25.0 Å². The molecule has 2 aromatic heterocycles. The van der Waals surface area contributed by atoms with Crippen molar-refractivity contribution >= 4 is 17.3 Å². The van der Waals surface area contributed by atoms with E-state index in [2.05, 4.69) is 15.6 Å². The van der Waals surface area contributed by atoms with Gasteiger partial charge in [-0.25, -0.2) is 4.68 Å². The van der Waals surface area contributed by atoms with Gasteiger partial charge in [0.15, 0.2) is 0 Å². The fraction of sp³-hybridized carbons (Fsp3) is 0.417. The summed E-state index contributed by atoms with van der Waals surface area (Å²) in [5, 5.41) is 11.0. The highest BCUT2D eigenvalue weighted by Crippen LogP contribution is 2.15. The Hall–Kier alpha value is -1.86. The molecule has 7 nitrogen and oxygen atoms in total. The molecule has 0 saturated heterocycles. The molecule has 20 heavy (non-hydrogen) atoms. The summed E-state index contributed by atoms with van der Waals surface area (Å²) in [5.74, 6) is 0. The lowest BCUT2D eigenvalue weighted by Crippen LogP contribution is -2.29. The number of hydrogen-bond donors (Lipinski definition) is 1. The largest absolute Gasteiger partial charge is 0.377 e. The molecule has 0 bridgehead atoms. The van der Waals surface area contributed by atoms with Crippen molar-refractivity contribution in [3.63, 3.8) is 0 Å². The van der Waals surface area contributed by atoms with Crippen LogP contribution < -0.4 is 10.9 Å². The molecule has 2 aromatic rings. The normalized spacial score (nSPS) is 11.0. The molecule has 0 saturated carbocycles. The summed E-state index contributed by atoms with van der Waals surface area (Å²) in [6.45, 7) is 1.63. The topological polar surface area (TPSA) is 76.2 Å². The Morgan fingerprint density at radius 1 is 1.50 bits per heavy atom. The summed E-state index contributed by atoms with van der Waals surface area (Å²) in [5.41, 5.74) is 0.900. The molecule has 0 aliphatic heterocycles. The molecule has 0 aliphatic carbocycles. The summed E-state index contributed by atoms with van der Waals surface area (Å²) in [6.07, 6.45) is 3.02. The van der Waals surface area contributed by atoms with E-state index in [-0.39, 0.29) is 10.6 Å². The third-order valence-corrected chi connectivity index (χ3v) is 3.06. The van der Waals surface area contributed by atoms with Crippen molar-refractivity contribution in [1.82, 2.24) is 19.8 Å². The maximum absolute atomic E-state index is 12.0. The number of nitrogens with one attached hydrogen (secondary N) is 1. The highest BCUT2D eigenvalue weighted by atomic mass is 35.5. The van der Waals surface area contributed by atoms with Gasteiger partial charge in [-0.2, -0.15) is 5.10 Å². The predicted octanol–water partition coefficient (Wildman–Crippen LogP) is 1.06. The molecule has 0 aliphatic rings. The Bertz CT molecular complexity index is 609. The molecule has 0 fully saturated rings. The second-order valence-electron chi connectivity index (χ2n) is 4.55. The number of likely N-dealkylation sites (N-methyl/N-ethyl adjacent to an activating group) is 1. The van der Waals surface area contributed by atoms with Crippen LogP contribution in [-0.2, 0) is 13.1 Å². The van der Waals surface area contributed by atoms with Crippen LogP contribution in [0.2, 0.25) is 5.02 Å². The van der Waals surface area contributed by atoms with E-state index in [1.54, 1.807) is 12.3 Å². The number of nitrogens with zero attached hydrogens (tertiary/aromatic N) is 4. The van der Waals surface area contributed by atoms with Crippen molar-refractivity contribution in [2.75, 3.05) is 26.0 Å². The Labute approximate surface area is 121 Å². The van der Waals surface area contributed by atoms with Crippen LogP contribution in [0.15, 0.2) is 27.8 Å². The first-order valence-corrected chi connectivity index (χ1v) is 6.49. The van der Waals surface area contributed by atoms with Crippen LogP contribution in [0, 0.1) is 0 Å². The van der Waals surface area contributed by atoms with Crippen molar-refractivity contribution in [1.29, 1.82) is 0 Å². The quantitative estimate of drug-likeness (QED) is 0.859. The average Bonchev–Trinajstić information content (AvgIpc) is 2.92. The molecule has 0 amide bonds. The fourth-order valence-corrected chi connectivity index (χ4v) is 1.77. The molecular formula is C12H16ClN5O2. The SMILES string of the molecule is CN(C)CCn1ncc(NCc2ccon2)c(Cl)c1=O. The third kappa shape index (κ3) is 3.58. The summed E-state index contributed by atoms with van der Waals surface area (Å²) >= 11 is 6.06. The lowest BCUT2D eigenvalue weighted by Gasteiger charge is -2.12. The van der Waals surface area contributed by atoms with Gasteiger partial charge in [0.2, 0.25) is 0 Å². The molecule has 0 unspecified atom stereocenters. The van der Waals surface area contributed by atoms with Crippen molar-refractivity contribution in [3.05, 3.63) is 39.6 Å². The van der Waals surface area contributed by atoms with Crippen molar-refractivity contribution in [2.45, 2.75) is 13.1 Å². The second kappa shape index (κ2) is 6.53. The predicted molar refractivity (Wildman–Crippen MR) is 75.9 cm³/mol. The molecule has 0 atom stereocenters. The van der Waals surface area contributed by atoms with Crippen molar-refractivity contribution in [2.24, 2.45) is 0 Å². The second-order valence-corrected chi connectivity index (χ2v) is 4.93. The van der Waals surface area contributed by atoms with Gasteiger partial charge in [0.1, 0.15) is 17.0 Å². The number of halogens is 1. The van der Waals surface area contributed by atoms with Gasteiger partial charge >= 0.3 is 0 Å². The molecule has 108 valence electrons. The molecule has 1 N–H and O–H groups in total. The molecule has 0 spiro atoms. The minimum atomic E-state index is -0.307. The van der Waals surface area contributed by atoms with Crippen LogP contribution in [0.25, 0.3) is 0 Å². The van der Waals surface area contributed by atoms with Crippen LogP contribution >= 0.6 is 11.6 Å². The van der Waals surface area contributed by atoms with E-state index >= 15 is 0 Å². The first kappa shape index (κ1) is 14.5. The van der Waals surface area contributed by atoms with Crippen LogP contribution in [0.1, 0.15) is 5.69 Å². The van der Waals surface area contributed by atoms with Gasteiger partial charge in [-0.1, -0.05) is 16.8 Å². The maximum Gasteiger partial charge on any atom is 0.287 e. The van der Waals surface area contributed by atoms with Crippen LogP contribution in [0.4, 0.5) is 5.69 Å². The first-order chi connectivity index (χ1) is 9.58. The van der Waals surface area contributed by atoms with Crippen LogP contribution in [0.5, 0.6) is 0 Å². The van der Waals surface area contributed by atoms with Crippen molar-refractivity contribution in [3.8, 4) is 0 Å². The smallest absolute Gasteiger partial charge is 0.287 e. The summed E-state index contributed by atoms with van der Waals surface area (Å²) < 4.78 is 6.07. The van der Waals surface area contributed by atoms with Crippen molar-refractivity contribution < 1.29 is 4.52 Å². The summed E-state index contributed by atoms with van der Waals surface area (Å²) in [6, 6.07) is 1.73. The van der Waals surface area contributed by atoms with E-state index in [4.69, 9.17) is 16.1 Å². The van der Waals surface area contributed by atoms with Crippen LogP contribution in [-0.4, -0.2) is 40.5 Å². The van der Waals surface area contributed by atoms with E-state index in [1.807, 2.05) is 19.0 Å². The zero-order valence-corrected chi connectivity index (χ0v) is 12.1. The monoisotopic (exact) mass is 297 g/mol. The highest BCUT2D eigenvalue weighted by molar-refractivity contribution is 6.32. The Balaban J connectivity index is 2.08. The van der Waals surface area contributed by atoms with Gasteiger partial charge < -0.3 is 14.7 Å². The lowest BCUT2D eigenvalue weighted by atomic mass is 10.4. The van der Waals surface area contributed by atoms with E-state index in [0.29, 0.717) is 18.8 Å². The molecule has 2 rings (SSSR count).